The Labute approximate surface area is 131 Å². The molecule has 0 saturated carbocycles. The molecule has 1 aromatic heterocycles. The molecule has 0 spiro atoms. The second-order valence-electron chi connectivity index (χ2n) is 4.20. The first-order chi connectivity index (χ1) is 9.44. The van der Waals surface area contributed by atoms with Gasteiger partial charge in [0.1, 0.15) is 10.6 Å². The maximum absolute atomic E-state index is 12.4. The largest absolute Gasteiger partial charge is 0.495 e. The summed E-state index contributed by atoms with van der Waals surface area (Å²) in [6.45, 7) is 2.23. The van der Waals surface area contributed by atoms with E-state index in [0.717, 1.165) is 11.1 Å². The molecular weight excluding hydrogens is 362 g/mol. The monoisotopic (exact) mass is 375 g/mol. The van der Waals surface area contributed by atoms with Gasteiger partial charge in [-0.05, 0) is 47.0 Å². The summed E-state index contributed by atoms with van der Waals surface area (Å²) >= 11 is 4.83. The molecule has 1 N–H and O–H groups in total. The van der Waals surface area contributed by atoms with Gasteiger partial charge in [-0.1, -0.05) is 15.9 Å². The van der Waals surface area contributed by atoms with Gasteiger partial charge in [0.25, 0.3) is 0 Å². The Bertz CT molecular complexity index is 710. The summed E-state index contributed by atoms with van der Waals surface area (Å²) in [6, 6.07) is 4.89. The van der Waals surface area contributed by atoms with Crippen LogP contribution in [0, 0.1) is 6.92 Å². The average molecular weight is 376 g/mol. The van der Waals surface area contributed by atoms with Gasteiger partial charge in [0, 0.05) is 11.0 Å². The Morgan fingerprint density at radius 1 is 1.35 bits per heavy atom. The standard InChI is InChI=1S/C13H14BrNO3S2/c1-9-7-19-8-10(9)6-15-20(16,17)13-5-11(14)3-4-12(13)18-2/h3-5,7-8,15H,6H2,1-2H3. The van der Waals surface area contributed by atoms with E-state index in [1.165, 1.54) is 13.2 Å². The minimum absolute atomic E-state index is 0.127. The number of benzene rings is 1. The van der Waals surface area contributed by atoms with Crippen LogP contribution in [0.3, 0.4) is 0 Å². The highest BCUT2D eigenvalue weighted by atomic mass is 79.9. The second-order valence-corrected chi connectivity index (χ2v) is 7.59. The Balaban J connectivity index is 2.26. The summed E-state index contributed by atoms with van der Waals surface area (Å²) < 4.78 is 33.1. The molecule has 108 valence electrons. The van der Waals surface area contributed by atoms with Gasteiger partial charge in [-0.2, -0.15) is 11.3 Å². The van der Waals surface area contributed by atoms with Crippen molar-refractivity contribution in [2.75, 3.05) is 7.11 Å². The minimum atomic E-state index is -3.62. The Morgan fingerprint density at radius 3 is 2.70 bits per heavy atom. The number of hydrogen-bond donors (Lipinski definition) is 1. The van der Waals surface area contributed by atoms with Gasteiger partial charge in [-0.25, -0.2) is 13.1 Å². The van der Waals surface area contributed by atoms with Crippen LogP contribution in [0.1, 0.15) is 11.1 Å². The number of aryl methyl sites for hydroxylation is 1. The van der Waals surface area contributed by atoms with Crippen LogP contribution in [0.5, 0.6) is 5.75 Å². The summed E-state index contributed by atoms with van der Waals surface area (Å²) in [6.07, 6.45) is 0. The van der Waals surface area contributed by atoms with Crippen molar-refractivity contribution in [3.63, 3.8) is 0 Å². The fraction of sp³-hybridized carbons (Fsp3) is 0.231. The topological polar surface area (TPSA) is 55.4 Å². The van der Waals surface area contributed by atoms with Crippen LogP contribution in [0.25, 0.3) is 0 Å². The molecule has 20 heavy (non-hydrogen) atoms. The van der Waals surface area contributed by atoms with Gasteiger partial charge < -0.3 is 4.74 Å². The first kappa shape index (κ1) is 15.5. The molecule has 0 atom stereocenters. The van der Waals surface area contributed by atoms with E-state index in [2.05, 4.69) is 20.7 Å². The molecule has 0 bridgehead atoms. The average Bonchev–Trinajstić information content (AvgIpc) is 2.82. The third-order valence-electron chi connectivity index (χ3n) is 2.83. The normalized spacial score (nSPS) is 11.6. The summed E-state index contributed by atoms with van der Waals surface area (Å²) in [4.78, 5) is 0.127. The van der Waals surface area contributed by atoms with Gasteiger partial charge in [0.2, 0.25) is 10.0 Å². The molecule has 4 nitrogen and oxygen atoms in total. The third-order valence-corrected chi connectivity index (χ3v) is 5.66. The number of nitrogens with one attached hydrogen (secondary N) is 1. The van der Waals surface area contributed by atoms with Crippen molar-refractivity contribution in [3.8, 4) is 5.75 Å². The van der Waals surface area contributed by atoms with Crippen LogP contribution >= 0.6 is 27.3 Å². The lowest BCUT2D eigenvalue weighted by molar-refractivity contribution is 0.402. The molecule has 0 saturated heterocycles. The highest BCUT2D eigenvalue weighted by Gasteiger charge is 2.20. The van der Waals surface area contributed by atoms with E-state index in [0.29, 0.717) is 10.2 Å². The quantitative estimate of drug-likeness (QED) is 0.871. The number of thiophene rings is 1. The lowest BCUT2D eigenvalue weighted by atomic mass is 10.2. The molecule has 0 fully saturated rings. The van der Waals surface area contributed by atoms with Gasteiger partial charge in [-0.3, -0.25) is 0 Å². The molecule has 0 unspecified atom stereocenters. The van der Waals surface area contributed by atoms with Crippen LogP contribution < -0.4 is 9.46 Å². The van der Waals surface area contributed by atoms with Gasteiger partial charge >= 0.3 is 0 Å². The Kier molecular flexibility index (Phi) is 4.85. The molecule has 0 aliphatic heterocycles. The number of sulfonamides is 1. The van der Waals surface area contributed by atoms with Gasteiger partial charge in [-0.15, -0.1) is 0 Å². The SMILES string of the molecule is COc1ccc(Br)cc1S(=O)(=O)NCc1cscc1C. The fourth-order valence-electron chi connectivity index (χ4n) is 1.68. The van der Waals surface area contributed by atoms with Crippen molar-refractivity contribution in [2.45, 2.75) is 18.4 Å². The van der Waals surface area contributed by atoms with E-state index >= 15 is 0 Å². The molecule has 0 radical (unpaired) electrons. The van der Waals surface area contributed by atoms with E-state index in [4.69, 9.17) is 4.74 Å². The number of rotatable bonds is 5. The molecule has 7 heteroatoms. The van der Waals surface area contributed by atoms with Crippen molar-refractivity contribution in [1.29, 1.82) is 0 Å². The van der Waals surface area contributed by atoms with Crippen LogP contribution in [-0.4, -0.2) is 15.5 Å². The molecule has 0 aliphatic carbocycles. The number of halogens is 1. The van der Waals surface area contributed by atoms with Crippen LogP contribution in [0.2, 0.25) is 0 Å². The van der Waals surface area contributed by atoms with Crippen molar-refractivity contribution >= 4 is 37.3 Å². The van der Waals surface area contributed by atoms with E-state index in [1.54, 1.807) is 23.5 Å². The first-order valence-corrected chi connectivity index (χ1v) is 9.01. The molecule has 2 rings (SSSR count). The van der Waals surface area contributed by atoms with Crippen LogP contribution in [0.4, 0.5) is 0 Å². The van der Waals surface area contributed by atoms with Crippen LogP contribution in [-0.2, 0) is 16.6 Å². The molecule has 0 aliphatic rings. The number of ether oxygens (including phenoxy) is 1. The number of hydrogen-bond acceptors (Lipinski definition) is 4. The molecular formula is C13H14BrNO3S2. The highest BCUT2D eigenvalue weighted by Crippen LogP contribution is 2.27. The van der Waals surface area contributed by atoms with Crippen LogP contribution in [0.15, 0.2) is 38.3 Å². The summed E-state index contributed by atoms with van der Waals surface area (Å²) in [5.74, 6) is 0.322. The summed E-state index contributed by atoms with van der Waals surface area (Å²) in [5.41, 5.74) is 2.06. The predicted molar refractivity (Wildman–Crippen MR) is 83.8 cm³/mol. The van der Waals surface area contributed by atoms with Crippen molar-refractivity contribution in [2.24, 2.45) is 0 Å². The van der Waals surface area contributed by atoms with E-state index in [9.17, 15) is 8.42 Å². The van der Waals surface area contributed by atoms with E-state index in [1.807, 2.05) is 17.7 Å². The molecule has 2 aromatic rings. The van der Waals surface area contributed by atoms with Gasteiger partial charge in [0.15, 0.2) is 0 Å². The van der Waals surface area contributed by atoms with Gasteiger partial charge in [0.05, 0.1) is 7.11 Å². The van der Waals surface area contributed by atoms with Crippen molar-refractivity contribution in [1.82, 2.24) is 4.72 Å². The molecule has 1 heterocycles. The highest BCUT2D eigenvalue weighted by molar-refractivity contribution is 9.10. The Hall–Kier alpha value is -0.890. The zero-order valence-electron chi connectivity index (χ0n) is 11.0. The molecule has 0 amide bonds. The molecule has 1 aromatic carbocycles. The Morgan fingerprint density at radius 2 is 2.10 bits per heavy atom. The van der Waals surface area contributed by atoms with Crippen molar-refractivity contribution < 1.29 is 13.2 Å². The first-order valence-electron chi connectivity index (χ1n) is 5.79. The van der Waals surface area contributed by atoms with Crippen molar-refractivity contribution in [3.05, 3.63) is 44.6 Å². The fourth-order valence-corrected chi connectivity index (χ4v) is 4.25. The zero-order valence-corrected chi connectivity index (χ0v) is 14.2. The minimum Gasteiger partial charge on any atom is -0.495 e. The zero-order chi connectivity index (χ0) is 14.8. The van der Waals surface area contributed by atoms with E-state index in [-0.39, 0.29) is 11.4 Å². The lowest BCUT2D eigenvalue weighted by Gasteiger charge is -2.11. The smallest absolute Gasteiger partial charge is 0.244 e. The second kappa shape index (κ2) is 6.26. The predicted octanol–water partition coefficient (Wildman–Crippen LogP) is 3.31. The van der Waals surface area contributed by atoms with E-state index < -0.39 is 10.0 Å². The maximum atomic E-state index is 12.4. The summed E-state index contributed by atoms with van der Waals surface area (Å²) in [5, 5.41) is 3.93. The lowest BCUT2D eigenvalue weighted by Crippen LogP contribution is -2.23. The number of methoxy groups -OCH3 is 1. The maximum Gasteiger partial charge on any atom is 0.244 e. The third kappa shape index (κ3) is 3.41. The summed E-state index contributed by atoms with van der Waals surface area (Å²) in [7, 11) is -2.17.